The van der Waals surface area contributed by atoms with Crippen molar-refractivity contribution in [3.8, 4) is 0 Å². The van der Waals surface area contributed by atoms with Crippen LogP contribution in [0.5, 0.6) is 0 Å². The Balaban J connectivity index is 1.72. The van der Waals surface area contributed by atoms with Gasteiger partial charge >= 0.3 is 0 Å². The topological polar surface area (TPSA) is 13.0 Å². The fourth-order valence-electron chi connectivity index (χ4n) is 4.65. The van der Waals surface area contributed by atoms with Gasteiger partial charge in [-0.1, -0.05) is 0 Å². The second-order valence-electron chi connectivity index (χ2n) is 9.12. The van der Waals surface area contributed by atoms with E-state index in [1.54, 1.807) is 0 Å². The molecule has 2 aliphatic heterocycles. The largest absolute Gasteiger partial charge is 0.298 e. The SMILES string of the molecule is CC(C)N1CCN(C(C)CCC(C)N2CCN(C(C)C)C[C@@H]2C)CC1. The molecule has 0 aromatic rings. The molecule has 0 radical (unpaired) electrons. The lowest BCUT2D eigenvalue weighted by molar-refractivity contribution is 0.0317. The molecule has 0 amide bonds. The van der Waals surface area contributed by atoms with Crippen LogP contribution < -0.4 is 0 Å². The third-order valence-electron chi connectivity index (χ3n) is 6.71. The van der Waals surface area contributed by atoms with Crippen molar-refractivity contribution in [3.63, 3.8) is 0 Å². The molecule has 0 N–H and O–H groups in total. The van der Waals surface area contributed by atoms with Gasteiger partial charge in [0.25, 0.3) is 0 Å². The smallest absolute Gasteiger partial charge is 0.0198 e. The van der Waals surface area contributed by atoms with Gasteiger partial charge in [0, 0.05) is 76.0 Å². The first-order valence-electron chi connectivity index (χ1n) is 10.8. The van der Waals surface area contributed by atoms with E-state index >= 15 is 0 Å². The Morgan fingerprint density at radius 3 is 1.64 bits per heavy atom. The minimum absolute atomic E-state index is 0.685. The molecule has 2 aliphatic rings. The highest BCUT2D eigenvalue weighted by Crippen LogP contribution is 2.20. The molecular weight excluding hydrogens is 308 g/mol. The van der Waals surface area contributed by atoms with Crippen LogP contribution in [-0.2, 0) is 0 Å². The minimum atomic E-state index is 0.685. The molecule has 4 nitrogen and oxygen atoms in total. The van der Waals surface area contributed by atoms with Crippen LogP contribution in [0, 0.1) is 0 Å². The second kappa shape index (κ2) is 9.68. The zero-order chi connectivity index (χ0) is 18.6. The maximum Gasteiger partial charge on any atom is 0.0198 e. The Kier molecular flexibility index (Phi) is 8.19. The summed E-state index contributed by atoms with van der Waals surface area (Å²) in [6, 6.07) is 3.51. The molecule has 2 heterocycles. The molecule has 0 spiro atoms. The highest BCUT2D eigenvalue weighted by atomic mass is 15.3. The predicted octanol–water partition coefficient (Wildman–Crippen LogP) is 2.98. The second-order valence-corrected chi connectivity index (χ2v) is 9.12. The summed E-state index contributed by atoms with van der Waals surface area (Å²) in [6.45, 7) is 25.3. The lowest BCUT2D eigenvalue weighted by Crippen LogP contribution is -2.56. The first-order valence-corrected chi connectivity index (χ1v) is 10.8. The first-order chi connectivity index (χ1) is 11.8. The van der Waals surface area contributed by atoms with E-state index in [4.69, 9.17) is 0 Å². The van der Waals surface area contributed by atoms with Crippen molar-refractivity contribution in [3.05, 3.63) is 0 Å². The summed E-state index contributed by atoms with van der Waals surface area (Å²) in [5.41, 5.74) is 0. The number of nitrogens with zero attached hydrogens (tertiary/aromatic N) is 4. The van der Waals surface area contributed by atoms with Gasteiger partial charge in [0.15, 0.2) is 0 Å². The number of hydrogen-bond donors (Lipinski definition) is 0. The molecule has 0 saturated carbocycles. The van der Waals surface area contributed by atoms with Gasteiger partial charge < -0.3 is 0 Å². The van der Waals surface area contributed by atoms with E-state index in [1.807, 2.05) is 0 Å². The lowest BCUT2D eigenvalue weighted by Gasteiger charge is -2.45. The Morgan fingerprint density at radius 2 is 1.12 bits per heavy atom. The highest BCUT2D eigenvalue weighted by molar-refractivity contribution is 4.85. The molecular formula is C21H44N4. The monoisotopic (exact) mass is 352 g/mol. The van der Waals surface area contributed by atoms with Crippen molar-refractivity contribution >= 4 is 0 Å². The van der Waals surface area contributed by atoms with Crippen molar-refractivity contribution in [1.82, 2.24) is 19.6 Å². The third kappa shape index (κ3) is 5.92. The number of hydrogen-bond acceptors (Lipinski definition) is 4. The predicted molar refractivity (Wildman–Crippen MR) is 109 cm³/mol. The van der Waals surface area contributed by atoms with E-state index in [1.165, 1.54) is 58.7 Å². The first kappa shape index (κ1) is 21.1. The van der Waals surface area contributed by atoms with Crippen LogP contribution in [0.2, 0.25) is 0 Å². The van der Waals surface area contributed by atoms with Crippen LogP contribution >= 0.6 is 0 Å². The normalized spacial score (nSPS) is 28.0. The maximum absolute atomic E-state index is 2.75. The molecule has 3 atom stereocenters. The molecule has 2 fully saturated rings. The summed E-state index contributed by atoms with van der Waals surface area (Å²) in [4.78, 5) is 10.7. The molecule has 4 heteroatoms. The molecule has 2 rings (SSSR count). The van der Waals surface area contributed by atoms with Crippen LogP contribution in [0.1, 0.15) is 61.3 Å². The summed E-state index contributed by atoms with van der Waals surface area (Å²) < 4.78 is 0. The molecule has 0 aliphatic carbocycles. The molecule has 148 valence electrons. The van der Waals surface area contributed by atoms with E-state index in [9.17, 15) is 0 Å². The molecule has 0 aromatic heterocycles. The maximum atomic E-state index is 2.75. The summed E-state index contributed by atoms with van der Waals surface area (Å²) in [5, 5.41) is 0. The van der Waals surface area contributed by atoms with E-state index in [2.05, 4.69) is 68.1 Å². The molecule has 2 saturated heterocycles. The van der Waals surface area contributed by atoms with Crippen molar-refractivity contribution in [2.45, 2.75) is 91.5 Å². The van der Waals surface area contributed by atoms with E-state index in [0.29, 0.717) is 24.2 Å². The summed E-state index contributed by atoms with van der Waals surface area (Å²) >= 11 is 0. The van der Waals surface area contributed by atoms with Gasteiger partial charge in [0.05, 0.1) is 0 Å². The van der Waals surface area contributed by atoms with Crippen LogP contribution in [0.25, 0.3) is 0 Å². The Labute approximate surface area is 157 Å². The van der Waals surface area contributed by atoms with Gasteiger partial charge in [-0.25, -0.2) is 0 Å². The summed E-state index contributed by atoms with van der Waals surface area (Å²) in [6.07, 6.45) is 2.66. The van der Waals surface area contributed by atoms with E-state index in [0.717, 1.165) is 6.04 Å². The van der Waals surface area contributed by atoms with Gasteiger partial charge in [-0.3, -0.25) is 19.6 Å². The number of piperazine rings is 2. The highest BCUT2D eigenvalue weighted by Gasteiger charge is 2.29. The van der Waals surface area contributed by atoms with Gasteiger partial charge in [-0.15, -0.1) is 0 Å². The van der Waals surface area contributed by atoms with Crippen molar-refractivity contribution in [2.75, 3.05) is 45.8 Å². The van der Waals surface area contributed by atoms with Gasteiger partial charge in [-0.05, 0) is 61.3 Å². The zero-order valence-electron chi connectivity index (χ0n) is 18.0. The van der Waals surface area contributed by atoms with Crippen molar-refractivity contribution < 1.29 is 0 Å². The fourth-order valence-corrected chi connectivity index (χ4v) is 4.65. The molecule has 2 unspecified atom stereocenters. The van der Waals surface area contributed by atoms with Crippen LogP contribution in [0.3, 0.4) is 0 Å². The van der Waals surface area contributed by atoms with Crippen LogP contribution in [-0.4, -0.2) is 95.6 Å². The Hall–Kier alpha value is -0.160. The quantitative estimate of drug-likeness (QED) is 0.698. The third-order valence-corrected chi connectivity index (χ3v) is 6.71. The van der Waals surface area contributed by atoms with Gasteiger partial charge in [0.2, 0.25) is 0 Å². The number of rotatable bonds is 7. The summed E-state index contributed by atoms with van der Waals surface area (Å²) in [7, 11) is 0. The molecule has 25 heavy (non-hydrogen) atoms. The molecule has 0 bridgehead atoms. The standard InChI is InChI=1S/C21H44N4/c1-17(2)22-10-12-23(13-11-22)19(5)8-9-20(6)25-15-14-24(18(3)4)16-21(25)7/h17-21H,8-16H2,1-7H3/t19?,20?,21-/m0/s1. The van der Waals surface area contributed by atoms with Crippen LogP contribution in [0.15, 0.2) is 0 Å². The fraction of sp³-hybridized carbons (Fsp3) is 1.00. The lowest BCUT2D eigenvalue weighted by atomic mass is 10.0. The van der Waals surface area contributed by atoms with Gasteiger partial charge in [0.1, 0.15) is 0 Å². The summed E-state index contributed by atoms with van der Waals surface area (Å²) in [5.74, 6) is 0. The van der Waals surface area contributed by atoms with Crippen LogP contribution in [0.4, 0.5) is 0 Å². The average molecular weight is 353 g/mol. The van der Waals surface area contributed by atoms with Gasteiger partial charge in [-0.2, -0.15) is 0 Å². The molecule has 0 aromatic carbocycles. The zero-order valence-corrected chi connectivity index (χ0v) is 18.0. The Morgan fingerprint density at radius 1 is 0.640 bits per heavy atom. The van der Waals surface area contributed by atoms with Crippen molar-refractivity contribution in [1.29, 1.82) is 0 Å². The van der Waals surface area contributed by atoms with Crippen molar-refractivity contribution in [2.24, 2.45) is 0 Å². The van der Waals surface area contributed by atoms with E-state index in [-0.39, 0.29) is 0 Å². The van der Waals surface area contributed by atoms with E-state index < -0.39 is 0 Å². The minimum Gasteiger partial charge on any atom is -0.298 e. The Bertz CT molecular complexity index is 376. The average Bonchev–Trinajstić information content (AvgIpc) is 2.59.